The molecule has 0 heteroatoms. The molecular formula is C11H23. The molecule has 0 bridgehead atoms. The molecule has 0 aliphatic carbocycles. The van der Waals surface area contributed by atoms with Crippen molar-refractivity contribution >= 4 is 0 Å². The molecule has 0 aliphatic heterocycles. The van der Waals surface area contributed by atoms with Gasteiger partial charge in [-0.3, -0.25) is 0 Å². The van der Waals surface area contributed by atoms with Crippen molar-refractivity contribution < 1.29 is 0 Å². The lowest BCUT2D eigenvalue weighted by Crippen LogP contribution is -2.03. The first-order valence-electron chi connectivity index (χ1n) is 5.00. The molecule has 11 heavy (non-hydrogen) atoms. The zero-order chi connectivity index (χ0) is 8.69. The Balaban J connectivity index is 3.10. The van der Waals surface area contributed by atoms with Gasteiger partial charge in [-0.15, -0.1) is 0 Å². The van der Waals surface area contributed by atoms with Gasteiger partial charge in [0.2, 0.25) is 0 Å². The molecule has 0 saturated carbocycles. The summed E-state index contributed by atoms with van der Waals surface area (Å²) in [4.78, 5) is 0. The van der Waals surface area contributed by atoms with Crippen LogP contribution in [0.15, 0.2) is 0 Å². The van der Waals surface area contributed by atoms with Gasteiger partial charge in [-0.2, -0.15) is 0 Å². The molecule has 0 aromatic rings. The van der Waals surface area contributed by atoms with Gasteiger partial charge in [0.15, 0.2) is 0 Å². The van der Waals surface area contributed by atoms with E-state index in [4.69, 9.17) is 0 Å². The van der Waals surface area contributed by atoms with Crippen molar-refractivity contribution in [3.8, 4) is 0 Å². The summed E-state index contributed by atoms with van der Waals surface area (Å²) >= 11 is 0. The van der Waals surface area contributed by atoms with Crippen LogP contribution in [0.25, 0.3) is 0 Å². The molecule has 0 fully saturated rings. The van der Waals surface area contributed by atoms with Crippen LogP contribution >= 0.6 is 0 Å². The van der Waals surface area contributed by atoms with Crippen molar-refractivity contribution in [1.82, 2.24) is 0 Å². The third kappa shape index (κ3) is 6.40. The van der Waals surface area contributed by atoms with E-state index in [9.17, 15) is 0 Å². The molecule has 0 rings (SSSR count). The van der Waals surface area contributed by atoms with Crippen LogP contribution in [0.2, 0.25) is 0 Å². The van der Waals surface area contributed by atoms with E-state index in [1.165, 1.54) is 25.7 Å². The summed E-state index contributed by atoms with van der Waals surface area (Å²) in [5.74, 6) is 1.71. The summed E-state index contributed by atoms with van der Waals surface area (Å²) in [6, 6.07) is 0. The minimum atomic E-state index is 0.841. The number of unbranched alkanes of at least 4 members (excludes halogenated alkanes) is 3. The Bertz CT molecular complexity index is 74.1. The SMILES string of the molecule is CCCC[CH]CC(C)C(C)C. The summed E-state index contributed by atoms with van der Waals surface area (Å²) in [5.41, 5.74) is 0. The predicted octanol–water partition coefficient (Wildman–Crippen LogP) is 4.06. The average molecular weight is 155 g/mol. The van der Waals surface area contributed by atoms with Gasteiger partial charge in [-0.1, -0.05) is 47.0 Å². The fraction of sp³-hybridized carbons (Fsp3) is 0.909. The third-order valence-electron chi connectivity index (χ3n) is 2.44. The second kappa shape index (κ2) is 6.69. The first kappa shape index (κ1) is 11.0. The fourth-order valence-corrected chi connectivity index (χ4v) is 1.00. The van der Waals surface area contributed by atoms with Crippen LogP contribution in [0.5, 0.6) is 0 Å². The van der Waals surface area contributed by atoms with Gasteiger partial charge in [0.05, 0.1) is 0 Å². The van der Waals surface area contributed by atoms with Crippen molar-refractivity contribution in [2.24, 2.45) is 11.8 Å². The van der Waals surface area contributed by atoms with Crippen LogP contribution in [0.1, 0.15) is 53.4 Å². The monoisotopic (exact) mass is 155 g/mol. The molecule has 0 spiro atoms. The van der Waals surface area contributed by atoms with Crippen LogP contribution < -0.4 is 0 Å². The predicted molar refractivity (Wildman–Crippen MR) is 52.4 cm³/mol. The molecule has 0 N–H and O–H groups in total. The molecule has 1 atom stereocenters. The van der Waals surface area contributed by atoms with Gasteiger partial charge in [0.1, 0.15) is 0 Å². The molecule has 67 valence electrons. The normalized spacial score (nSPS) is 13.9. The van der Waals surface area contributed by atoms with Crippen LogP contribution in [-0.2, 0) is 0 Å². The average Bonchev–Trinajstić information content (AvgIpc) is 1.97. The van der Waals surface area contributed by atoms with E-state index in [1.54, 1.807) is 0 Å². The Morgan fingerprint density at radius 2 is 1.82 bits per heavy atom. The maximum atomic E-state index is 2.45. The van der Waals surface area contributed by atoms with E-state index in [-0.39, 0.29) is 0 Å². The van der Waals surface area contributed by atoms with E-state index in [2.05, 4.69) is 34.1 Å². The number of rotatable bonds is 6. The highest BCUT2D eigenvalue weighted by molar-refractivity contribution is 4.70. The minimum Gasteiger partial charge on any atom is -0.0654 e. The molecule has 1 radical (unpaired) electrons. The minimum absolute atomic E-state index is 0.841. The number of hydrogen-bond acceptors (Lipinski definition) is 0. The topological polar surface area (TPSA) is 0 Å². The highest BCUT2D eigenvalue weighted by Crippen LogP contribution is 2.16. The highest BCUT2D eigenvalue weighted by Gasteiger charge is 2.05. The van der Waals surface area contributed by atoms with E-state index >= 15 is 0 Å². The zero-order valence-electron chi connectivity index (χ0n) is 8.56. The Hall–Kier alpha value is 0. The van der Waals surface area contributed by atoms with E-state index in [1.807, 2.05) is 0 Å². The first-order chi connectivity index (χ1) is 5.18. The van der Waals surface area contributed by atoms with Gasteiger partial charge in [-0.25, -0.2) is 0 Å². The Labute approximate surface area is 72.4 Å². The molecule has 0 aliphatic rings. The molecule has 0 heterocycles. The first-order valence-corrected chi connectivity index (χ1v) is 5.00. The largest absolute Gasteiger partial charge is 0.0654 e. The van der Waals surface area contributed by atoms with Gasteiger partial charge in [-0.05, 0) is 24.7 Å². The fourth-order valence-electron chi connectivity index (χ4n) is 1.00. The second-order valence-electron chi connectivity index (χ2n) is 3.89. The molecule has 0 saturated heterocycles. The van der Waals surface area contributed by atoms with E-state index in [0.717, 1.165) is 11.8 Å². The van der Waals surface area contributed by atoms with Gasteiger partial charge in [0, 0.05) is 0 Å². The van der Waals surface area contributed by atoms with Crippen LogP contribution in [0.3, 0.4) is 0 Å². The van der Waals surface area contributed by atoms with Crippen molar-refractivity contribution in [3.63, 3.8) is 0 Å². The lowest BCUT2D eigenvalue weighted by molar-refractivity contribution is 0.408. The van der Waals surface area contributed by atoms with Crippen LogP contribution in [-0.4, -0.2) is 0 Å². The smallest absolute Gasteiger partial charge is 0.0383 e. The van der Waals surface area contributed by atoms with Crippen molar-refractivity contribution in [2.45, 2.75) is 53.4 Å². The summed E-state index contributed by atoms with van der Waals surface area (Å²) in [6.45, 7) is 9.20. The van der Waals surface area contributed by atoms with Crippen molar-refractivity contribution in [1.29, 1.82) is 0 Å². The lowest BCUT2D eigenvalue weighted by atomic mass is 9.92. The van der Waals surface area contributed by atoms with E-state index in [0.29, 0.717) is 0 Å². The van der Waals surface area contributed by atoms with Crippen LogP contribution in [0.4, 0.5) is 0 Å². The van der Waals surface area contributed by atoms with Gasteiger partial charge >= 0.3 is 0 Å². The van der Waals surface area contributed by atoms with Crippen LogP contribution in [0, 0.1) is 18.3 Å². The molecule has 0 nitrogen and oxygen atoms in total. The van der Waals surface area contributed by atoms with Gasteiger partial charge in [0.25, 0.3) is 0 Å². The molecule has 0 amide bonds. The highest BCUT2D eigenvalue weighted by atomic mass is 14.1. The summed E-state index contributed by atoms with van der Waals surface area (Å²) < 4.78 is 0. The van der Waals surface area contributed by atoms with E-state index < -0.39 is 0 Å². The van der Waals surface area contributed by atoms with Crippen molar-refractivity contribution in [3.05, 3.63) is 6.42 Å². The summed E-state index contributed by atoms with van der Waals surface area (Å²) in [6.07, 6.45) is 7.76. The standard InChI is InChI=1S/C11H23/c1-5-6-7-8-9-11(4)10(2)3/h8,10-11H,5-7,9H2,1-4H3. The maximum absolute atomic E-state index is 2.45. The maximum Gasteiger partial charge on any atom is -0.0383 e. The third-order valence-corrected chi connectivity index (χ3v) is 2.44. The van der Waals surface area contributed by atoms with Crippen molar-refractivity contribution in [2.75, 3.05) is 0 Å². The van der Waals surface area contributed by atoms with Gasteiger partial charge < -0.3 is 0 Å². The zero-order valence-corrected chi connectivity index (χ0v) is 8.56. The lowest BCUT2D eigenvalue weighted by Gasteiger charge is -2.14. The summed E-state index contributed by atoms with van der Waals surface area (Å²) in [5, 5.41) is 0. The molecule has 0 aromatic heterocycles. The molecular weight excluding hydrogens is 132 g/mol. The molecule has 1 unspecified atom stereocenters. The Morgan fingerprint density at radius 3 is 2.27 bits per heavy atom. The number of hydrogen-bond donors (Lipinski definition) is 0. The Morgan fingerprint density at radius 1 is 1.18 bits per heavy atom. The summed E-state index contributed by atoms with van der Waals surface area (Å²) in [7, 11) is 0. The second-order valence-corrected chi connectivity index (χ2v) is 3.89. The molecule has 0 aromatic carbocycles. The quantitative estimate of drug-likeness (QED) is 0.507. The Kier molecular flexibility index (Phi) is 6.69.